The van der Waals surface area contributed by atoms with Crippen LogP contribution in [0.15, 0.2) is 48.5 Å². The van der Waals surface area contributed by atoms with E-state index in [9.17, 15) is 14.4 Å². The highest BCUT2D eigenvalue weighted by atomic mass is 32.1. The molecule has 0 radical (unpaired) electrons. The average Bonchev–Trinajstić information content (AvgIpc) is 2.80. The molecule has 2 aromatic rings. The maximum atomic E-state index is 12.2. The van der Waals surface area contributed by atoms with E-state index in [2.05, 4.69) is 30.0 Å². The number of carbonyl (C=O) groups excluding carboxylic acids is 3. The molecule has 0 heterocycles. The van der Waals surface area contributed by atoms with Crippen LogP contribution < -0.4 is 20.9 Å². The van der Waals surface area contributed by atoms with E-state index in [1.54, 1.807) is 36.4 Å². The third-order valence-electron chi connectivity index (χ3n) is 4.28. The number of thiocarbonyl (C=S) groups is 1. The Hall–Kier alpha value is -3.46. The summed E-state index contributed by atoms with van der Waals surface area (Å²) in [5.41, 5.74) is 6.77. The van der Waals surface area contributed by atoms with Crippen molar-refractivity contribution < 1.29 is 23.9 Å². The van der Waals surface area contributed by atoms with Crippen LogP contribution in [0.5, 0.6) is 5.75 Å². The van der Waals surface area contributed by atoms with E-state index >= 15 is 0 Å². The zero-order chi connectivity index (χ0) is 23.5. The SMILES string of the molecule is CCCOC(=O)c1ccc(OCC(=O)NNC(=S)NC(=O)c2ccc(C(C)C)cc2)cc1. The molecule has 0 aliphatic rings. The predicted molar refractivity (Wildman–Crippen MR) is 124 cm³/mol. The van der Waals surface area contributed by atoms with Crippen LogP contribution in [0, 0.1) is 0 Å². The van der Waals surface area contributed by atoms with Gasteiger partial charge in [-0.2, -0.15) is 0 Å². The van der Waals surface area contributed by atoms with Crippen molar-refractivity contribution in [3.05, 3.63) is 65.2 Å². The Morgan fingerprint density at radius 1 is 0.938 bits per heavy atom. The Bertz CT molecular complexity index is 943. The largest absolute Gasteiger partial charge is 0.484 e. The highest BCUT2D eigenvalue weighted by Crippen LogP contribution is 2.15. The fraction of sp³-hybridized carbons (Fsp3) is 0.304. The second kappa shape index (κ2) is 12.4. The molecule has 32 heavy (non-hydrogen) atoms. The van der Waals surface area contributed by atoms with Gasteiger partial charge in [-0.3, -0.25) is 25.8 Å². The van der Waals surface area contributed by atoms with Gasteiger partial charge in [0.05, 0.1) is 12.2 Å². The predicted octanol–water partition coefficient (Wildman–Crippen LogP) is 3.09. The van der Waals surface area contributed by atoms with E-state index in [0.29, 0.717) is 29.4 Å². The molecular weight excluding hydrogens is 430 g/mol. The lowest BCUT2D eigenvalue weighted by molar-refractivity contribution is -0.123. The van der Waals surface area contributed by atoms with E-state index in [4.69, 9.17) is 21.7 Å². The number of ether oxygens (including phenoxy) is 2. The molecule has 0 bridgehead atoms. The number of rotatable bonds is 8. The summed E-state index contributed by atoms with van der Waals surface area (Å²) in [5, 5.41) is 2.44. The summed E-state index contributed by atoms with van der Waals surface area (Å²) in [6, 6.07) is 13.5. The molecule has 0 unspecified atom stereocenters. The fourth-order valence-corrected chi connectivity index (χ4v) is 2.65. The van der Waals surface area contributed by atoms with Crippen molar-refractivity contribution in [1.29, 1.82) is 0 Å². The van der Waals surface area contributed by atoms with Gasteiger partial charge in [0.25, 0.3) is 11.8 Å². The van der Waals surface area contributed by atoms with Crippen LogP contribution in [-0.2, 0) is 9.53 Å². The number of hydrazine groups is 1. The number of carbonyl (C=O) groups is 3. The maximum Gasteiger partial charge on any atom is 0.338 e. The van der Waals surface area contributed by atoms with Crippen molar-refractivity contribution in [2.75, 3.05) is 13.2 Å². The number of benzene rings is 2. The van der Waals surface area contributed by atoms with Crippen LogP contribution in [0.1, 0.15) is 59.4 Å². The molecule has 0 atom stereocenters. The molecular formula is C23H27N3O5S. The number of esters is 1. The number of hydrogen-bond acceptors (Lipinski definition) is 6. The van der Waals surface area contributed by atoms with Gasteiger partial charge in [0.1, 0.15) is 5.75 Å². The van der Waals surface area contributed by atoms with Crippen LogP contribution in [0.3, 0.4) is 0 Å². The van der Waals surface area contributed by atoms with E-state index in [1.165, 1.54) is 0 Å². The summed E-state index contributed by atoms with van der Waals surface area (Å²) in [7, 11) is 0. The van der Waals surface area contributed by atoms with Crippen molar-refractivity contribution in [3.63, 3.8) is 0 Å². The lowest BCUT2D eigenvalue weighted by atomic mass is 10.0. The zero-order valence-electron chi connectivity index (χ0n) is 18.3. The van der Waals surface area contributed by atoms with Crippen LogP contribution in [0.2, 0.25) is 0 Å². The highest BCUT2D eigenvalue weighted by Gasteiger charge is 2.10. The molecule has 8 nitrogen and oxygen atoms in total. The Morgan fingerprint density at radius 3 is 2.16 bits per heavy atom. The molecule has 0 saturated carbocycles. The summed E-state index contributed by atoms with van der Waals surface area (Å²) >= 11 is 5.02. The molecule has 0 fully saturated rings. The highest BCUT2D eigenvalue weighted by molar-refractivity contribution is 7.80. The van der Waals surface area contributed by atoms with E-state index in [0.717, 1.165) is 12.0 Å². The molecule has 0 aromatic heterocycles. The first kappa shape index (κ1) is 24.8. The van der Waals surface area contributed by atoms with Gasteiger partial charge in [0.2, 0.25) is 0 Å². The Morgan fingerprint density at radius 2 is 1.56 bits per heavy atom. The first-order valence-electron chi connectivity index (χ1n) is 10.2. The Kier molecular flexibility index (Phi) is 9.62. The molecule has 2 aromatic carbocycles. The van der Waals surface area contributed by atoms with Gasteiger partial charge in [-0.15, -0.1) is 0 Å². The van der Waals surface area contributed by atoms with Gasteiger partial charge in [-0.05, 0) is 66.5 Å². The molecule has 2 rings (SSSR count). The van der Waals surface area contributed by atoms with Crippen molar-refractivity contribution in [2.24, 2.45) is 0 Å². The molecule has 170 valence electrons. The molecule has 0 saturated heterocycles. The summed E-state index contributed by atoms with van der Waals surface area (Å²) in [4.78, 5) is 35.9. The summed E-state index contributed by atoms with van der Waals surface area (Å²) < 4.78 is 10.4. The van der Waals surface area contributed by atoms with E-state index in [-0.39, 0.29) is 17.6 Å². The standard InChI is InChI=1S/C23H27N3O5S/c1-4-13-30-22(29)18-9-11-19(12-10-18)31-14-20(27)25-26-23(32)24-21(28)17-7-5-16(6-8-17)15(2)3/h5-12,15H,4,13-14H2,1-3H3,(H,25,27)(H2,24,26,28,32). The van der Waals surface area contributed by atoms with Crippen LogP contribution in [0.25, 0.3) is 0 Å². The first-order chi connectivity index (χ1) is 15.3. The molecule has 9 heteroatoms. The van der Waals surface area contributed by atoms with Crippen LogP contribution in [-0.4, -0.2) is 36.1 Å². The van der Waals surface area contributed by atoms with Crippen molar-refractivity contribution in [3.8, 4) is 5.75 Å². The monoisotopic (exact) mass is 457 g/mol. The minimum Gasteiger partial charge on any atom is -0.484 e. The summed E-state index contributed by atoms with van der Waals surface area (Å²) in [6.45, 7) is 6.12. The second-order valence-electron chi connectivity index (χ2n) is 7.18. The van der Waals surface area contributed by atoms with Gasteiger partial charge in [-0.25, -0.2) is 4.79 Å². The number of hydrogen-bond donors (Lipinski definition) is 3. The summed E-state index contributed by atoms with van der Waals surface area (Å²) in [6.07, 6.45) is 0.745. The van der Waals surface area contributed by atoms with Gasteiger partial charge in [0.15, 0.2) is 11.7 Å². The maximum absolute atomic E-state index is 12.2. The Labute approximate surface area is 192 Å². The lowest BCUT2D eigenvalue weighted by Crippen LogP contribution is -2.49. The van der Waals surface area contributed by atoms with Gasteiger partial charge >= 0.3 is 5.97 Å². The molecule has 3 N–H and O–H groups in total. The minimum absolute atomic E-state index is 0.0498. The third kappa shape index (κ3) is 7.99. The molecule has 0 aliphatic carbocycles. The van der Waals surface area contributed by atoms with Gasteiger partial charge in [0, 0.05) is 5.56 Å². The zero-order valence-corrected chi connectivity index (χ0v) is 19.1. The number of amides is 2. The van der Waals surface area contributed by atoms with Gasteiger partial charge in [-0.1, -0.05) is 32.9 Å². The molecule has 0 aliphatic heterocycles. The van der Waals surface area contributed by atoms with Crippen molar-refractivity contribution >= 4 is 35.1 Å². The molecule has 0 spiro atoms. The Balaban J connectivity index is 1.72. The topological polar surface area (TPSA) is 106 Å². The smallest absolute Gasteiger partial charge is 0.338 e. The first-order valence-corrected chi connectivity index (χ1v) is 10.6. The minimum atomic E-state index is -0.505. The second-order valence-corrected chi connectivity index (χ2v) is 7.59. The van der Waals surface area contributed by atoms with Crippen LogP contribution >= 0.6 is 12.2 Å². The lowest BCUT2D eigenvalue weighted by Gasteiger charge is -2.12. The molecule has 2 amide bonds. The van der Waals surface area contributed by atoms with E-state index in [1.807, 2.05) is 19.1 Å². The van der Waals surface area contributed by atoms with Crippen molar-refractivity contribution in [2.45, 2.75) is 33.1 Å². The van der Waals surface area contributed by atoms with E-state index < -0.39 is 11.9 Å². The normalized spacial score (nSPS) is 10.2. The van der Waals surface area contributed by atoms with Gasteiger partial charge < -0.3 is 9.47 Å². The number of nitrogens with one attached hydrogen (secondary N) is 3. The summed E-state index contributed by atoms with van der Waals surface area (Å²) in [5.74, 6) is -0.526. The van der Waals surface area contributed by atoms with Crippen LogP contribution in [0.4, 0.5) is 0 Å². The fourth-order valence-electron chi connectivity index (χ4n) is 2.50. The van der Waals surface area contributed by atoms with Crippen molar-refractivity contribution in [1.82, 2.24) is 16.2 Å². The average molecular weight is 458 g/mol. The third-order valence-corrected chi connectivity index (χ3v) is 4.48. The quantitative estimate of drug-likeness (QED) is 0.318.